The van der Waals surface area contributed by atoms with Gasteiger partial charge in [0.15, 0.2) is 0 Å². The van der Waals surface area contributed by atoms with Crippen LogP contribution in [-0.2, 0) is 4.74 Å². The fraction of sp³-hybridized carbons (Fsp3) is 0.259. The topological polar surface area (TPSA) is 56.3 Å². The van der Waals surface area contributed by atoms with Crippen LogP contribution in [-0.4, -0.2) is 23.2 Å². The Morgan fingerprint density at radius 2 is 1.94 bits per heavy atom. The van der Waals surface area contributed by atoms with E-state index in [9.17, 15) is 0 Å². The van der Waals surface area contributed by atoms with E-state index in [0.29, 0.717) is 19.2 Å². The average molecular weight is 434 g/mol. The number of nitrogens with zero attached hydrogens (tertiary/aromatic N) is 2. The summed E-state index contributed by atoms with van der Waals surface area (Å²) in [4.78, 5) is 8.95. The van der Waals surface area contributed by atoms with Crippen LogP contribution >= 0.6 is 0 Å². The fourth-order valence-electron chi connectivity index (χ4n) is 2.62. The van der Waals surface area contributed by atoms with Crippen LogP contribution < -0.4 is 10.1 Å². The molecule has 0 bridgehead atoms. The van der Waals surface area contributed by atoms with Gasteiger partial charge in [0.1, 0.15) is 12.4 Å². The molecule has 0 radical (unpaired) electrons. The highest BCUT2D eigenvalue weighted by Crippen LogP contribution is 2.23. The molecule has 1 heterocycles. The summed E-state index contributed by atoms with van der Waals surface area (Å²) in [6.45, 7) is 16.0. The quantitative estimate of drug-likeness (QED) is 0.444. The second-order valence-electron chi connectivity index (χ2n) is 6.21. The number of hydrogen-bond acceptors (Lipinski definition) is 5. The van der Waals surface area contributed by atoms with Crippen LogP contribution in [0.1, 0.15) is 39.8 Å². The van der Waals surface area contributed by atoms with Crippen molar-refractivity contribution in [1.82, 2.24) is 9.97 Å². The molecule has 1 aromatic heterocycles. The van der Waals surface area contributed by atoms with E-state index in [1.807, 2.05) is 76.3 Å². The van der Waals surface area contributed by atoms with Crippen LogP contribution in [0.25, 0.3) is 5.57 Å². The first-order chi connectivity index (χ1) is 15.7. The fourth-order valence-corrected chi connectivity index (χ4v) is 2.62. The summed E-state index contributed by atoms with van der Waals surface area (Å²) in [5.41, 5.74) is 2.75. The third-order valence-corrected chi connectivity index (χ3v) is 3.82. The molecule has 1 aliphatic rings. The first kappa shape index (κ1) is 26.4. The van der Waals surface area contributed by atoms with Gasteiger partial charge in [0.25, 0.3) is 0 Å². The summed E-state index contributed by atoms with van der Waals surface area (Å²) >= 11 is 0. The van der Waals surface area contributed by atoms with Gasteiger partial charge in [-0.2, -0.15) is 0 Å². The molecule has 5 heteroatoms. The Labute approximate surface area is 192 Å². The third kappa shape index (κ3) is 9.47. The molecule has 5 nitrogen and oxygen atoms in total. The number of aromatic nitrogens is 2. The summed E-state index contributed by atoms with van der Waals surface area (Å²) in [7, 11) is 0. The van der Waals surface area contributed by atoms with Gasteiger partial charge < -0.3 is 14.8 Å². The Kier molecular flexibility index (Phi) is 13.3. The number of anilines is 2. The predicted octanol–water partition coefficient (Wildman–Crippen LogP) is 7.27. The highest BCUT2D eigenvalue weighted by molar-refractivity contribution is 5.73. The predicted molar refractivity (Wildman–Crippen MR) is 136 cm³/mol. The van der Waals surface area contributed by atoms with Gasteiger partial charge in [-0.15, -0.1) is 6.58 Å². The Bertz CT molecular complexity index is 930. The lowest BCUT2D eigenvalue weighted by Crippen LogP contribution is -2.00. The van der Waals surface area contributed by atoms with Gasteiger partial charge in [-0.1, -0.05) is 56.9 Å². The van der Waals surface area contributed by atoms with Gasteiger partial charge in [-0.05, 0) is 43.7 Å². The van der Waals surface area contributed by atoms with Gasteiger partial charge in [0, 0.05) is 24.4 Å². The monoisotopic (exact) mass is 433 g/mol. The molecule has 1 aliphatic carbocycles. The average Bonchev–Trinajstić information content (AvgIpc) is 3.06. The number of ether oxygens (including phenoxy) is 2. The van der Waals surface area contributed by atoms with E-state index < -0.39 is 0 Å². The van der Waals surface area contributed by atoms with Gasteiger partial charge in [0.05, 0.1) is 18.1 Å². The number of nitrogens with one attached hydrogen (secondary N) is 1. The van der Waals surface area contributed by atoms with Crippen LogP contribution in [0.15, 0.2) is 91.9 Å². The van der Waals surface area contributed by atoms with Crippen molar-refractivity contribution in [2.24, 2.45) is 0 Å². The molecule has 0 spiro atoms. The van der Waals surface area contributed by atoms with E-state index in [1.165, 1.54) is 0 Å². The first-order valence-electron chi connectivity index (χ1n) is 10.9. The van der Waals surface area contributed by atoms with Crippen molar-refractivity contribution in [3.63, 3.8) is 0 Å². The Balaban J connectivity index is 0.000000944. The largest absolute Gasteiger partial charge is 0.498 e. The number of hydrogen-bond donors (Lipinski definition) is 1. The number of rotatable bonds is 8. The lowest BCUT2D eigenvalue weighted by molar-refractivity contribution is 0.224. The van der Waals surface area contributed by atoms with E-state index >= 15 is 0 Å². The van der Waals surface area contributed by atoms with E-state index in [1.54, 1.807) is 18.3 Å². The van der Waals surface area contributed by atoms with E-state index in [4.69, 9.17) is 9.47 Å². The van der Waals surface area contributed by atoms with Crippen molar-refractivity contribution in [3.8, 4) is 5.75 Å². The minimum Gasteiger partial charge on any atom is -0.498 e. The molecule has 2 aromatic rings. The zero-order valence-electron chi connectivity index (χ0n) is 19.7. The Morgan fingerprint density at radius 1 is 1.16 bits per heavy atom. The lowest BCUT2D eigenvalue weighted by Gasteiger charge is -2.09. The molecule has 0 aliphatic heterocycles. The molecule has 32 heavy (non-hydrogen) atoms. The van der Waals surface area contributed by atoms with Crippen LogP contribution in [0.2, 0.25) is 0 Å². The third-order valence-electron chi connectivity index (χ3n) is 3.82. The van der Waals surface area contributed by atoms with Crippen molar-refractivity contribution in [2.45, 2.75) is 34.1 Å². The number of benzene rings is 1. The molecular formula is C27H35N3O2. The van der Waals surface area contributed by atoms with Crippen molar-refractivity contribution in [2.75, 3.05) is 18.5 Å². The van der Waals surface area contributed by atoms with Crippen molar-refractivity contribution in [3.05, 3.63) is 97.6 Å². The molecule has 0 unspecified atom stereocenters. The SMILES string of the molecule is C=CC.C=CCOc1cccc(Nc2nccc(C3=CCC(OCC)=CC=C3)n2)c1.CC. The standard InChI is InChI=1S/C22H23N3O2.C3H6.C2H6/c1-3-15-27-20-10-6-8-18(16-20)24-22-23-14-13-21(25-22)17-7-5-9-19(12-11-17)26-4-2;1-3-2;1-2/h3,5-11,13-14,16H,1,4,12,15H2,2H3,(H,23,24,25);3H,1H2,2H3;1-2H3. The second-order valence-corrected chi connectivity index (χ2v) is 6.21. The Morgan fingerprint density at radius 3 is 2.66 bits per heavy atom. The summed E-state index contributed by atoms with van der Waals surface area (Å²) in [6, 6.07) is 9.57. The molecule has 1 aromatic carbocycles. The molecule has 170 valence electrons. The highest BCUT2D eigenvalue weighted by Gasteiger charge is 2.07. The second kappa shape index (κ2) is 16.1. The normalized spacial score (nSPS) is 11.8. The molecular weight excluding hydrogens is 398 g/mol. The summed E-state index contributed by atoms with van der Waals surface area (Å²) in [6.07, 6.45) is 14.1. The van der Waals surface area contributed by atoms with Crippen LogP contribution in [0, 0.1) is 0 Å². The zero-order valence-corrected chi connectivity index (χ0v) is 19.7. The molecule has 0 saturated carbocycles. The summed E-state index contributed by atoms with van der Waals surface area (Å²) < 4.78 is 11.2. The lowest BCUT2D eigenvalue weighted by atomic mass is 10.1. The minimum absolute atomic E-state index is 0.466. The first-order valence-corrected chi connectivity index (χ1v) is 10.9. The summed E-state index contributed by atoms with van der Waals surface area (Å²) in [5.74, 6) is 2.25. The van der Waals surface area contributed by atoms with Crippen molar-refractivity contribution < 1.29 is 9.47 Å². The van der Waals surface area contributed by atoms with Gasteiger partial charge >= 0.3 is 0 Å². The summed E-state index contributed by atoms with van der Waals surface area (Å²) in [5, 5.41) is 3.23. The Hall–Kier alpha value is -3.60. The van der Waals surface area contributed by atoms with E-state index in [0.717, 1.165) is 34.9 Å². The van der Waals surface area contributed by atoms with Gasteiger partial charge in [-0.3, -0.25) is 0 Å². The molecule has 0 atom stereocenters. The molecule has 1 N–H and O–H groups in total. The molecule has 3 rings (SSSR count). The zero-order chi connectivity index (χ0) is 23.6. The smallest absolute Gasteiger partial charge is 0.227 e. The van der Waals surface area contributed by atoms with Gasteiger partial charge in [0.2, 0.25) is 5.95 Å². The molecule has 0 amide bonds. The van der Waals surface area contributed by atoms with E-state index in [2.05, 4.69) is 34.5 Å². The van der Waals surface area contributed by atoms with Crippen molar-refractivity contribution in [1.29, 1.82) is 0 Å². The number of allylic oxidation sites excluding steroid dienone is 6. The van der Waals surface area contributed by atoms with Crippen LogP contribution in [0.5, 0.6) is 5.75 Å². The van der Waals surface area contributed by atoms with E-state index in [-0.39, 0.29) is 0 Å². The molecule has 0 fully saturated rings. The van der Waals surface area contributed by atoms with Gasteiger partial charge in [-0.25, -0.2) is 9.97 Å². The maximum absolute atomic E-state index is 5.59. The van der Waals surface area contributed by atoms with Crippen molar-refractivity contribution >= 4 is 17.2 Å². The molecule has 0 saturated heterocycles. The van der Waals surface area contributed by atoms with Crippen LogP contribution in [0.3, 0.4) is 0 Å². The maximum atomic E-state index is 5.59. The maximum Gasteiger partial charge on any atom is 0.227 e. The minimum atomic E-state index is 0.466. The highest BCUT2D eigenvalue weighted by atomic mass is 16.5. The van der Waals surface area contributed by atoms with Crippen LogP contribution in [0.4, 0.5) is 11.6 Å².